The van der Waals surface area contributed by atoms with Crippen LogP contribution in [0.3, 0.4) is 0 Å². The van der Waals surface area contributed by atoms with Crippen LogP contribution in [0.1, 0.15) is 24.2 Å². The molecule has 94 valence electrons. The summed E-state index contributed by atoms with van der Waals surface area (Å²) in [5.74, 6) is 0.781. The van der Waals surface area contributed by atoms with Crippen LogP contribution >= 0.6 is 15.9 Å². The maximum absolute atomic E-state index is 9.05. The third-order valence-electron chi connectivity index (χ3n) is 2.75. The highest BCUT2D eigenvalue weighted by Crippen LogP contribution is 2.30. The molecule has 0 bridgehead atoms. The lowest BCUT2D eigenvalue weighted by Gasteiger charge is -2.16. The molecule has 1 N–H and O–H groups in total. The molecule has 0 radical (unpaired) electrons. The van der Waals surface area contributed by atoms with Crippen LogP contribution in [0.5, 0.6) is 5.75 Å². The molecule has 0 aliphatic rings. The molecule has 0 spiro atoms. The molecule has 2 rings (SSSR count). The monoisotopic (exact) mass is 306 g/mol. The van der Waals surface area contributed by atoms with Crippen LogP contribution in [0.25, 0.3) is 0 Å². The first kappa shape index (κ1) is 13.1. The van der Waals surface area contributed by atoms with Crippen molar-refractivity contribution in [2.75, 3.05) is 0 Å². The molecular formula is C15H15BrO2. The molecule has 2 aromatic carbocycles. The van der Waals surface area contributed by atoms with Crippen LogP contribution in [0.4, 0.5) is 0 Å². The molecule has 0 aliphatic heterocycles. The van der Waals surface area contributed by atoms with Gasteiger partial charge in [-0.05, 0) is 46.1 Å². The van der Waals surface area contributed by atoms with Gasteiger partial charge in [0.15, 0.2) is 0 Å². The molecule has 1 unspecified atom stereocenters. The lowest BCUT2D eigenvalue weighted by atomic mass is 10.1. The molecule has 2 aromatic rings. The number of aliphatic hydroxyl groups excluding tert-OH is 1. The fourth-order valence-electron chi connectivity index (χ4n) is 1.72. The zero-order chi connectivity index (χ0) is 13.0. The second-order valence-corrected chi connectivity index (χ2v) is 4.95. The first-order chi connectivity index (χ1) is 8.70. The minimum Gasteiger partial charge on any atom is -0.485 e. The Bertz CT molecular complexity index is 511. The largest absolute Gasteiger partial charge is 0.485 e. The van der Waals surface area contributed by atoms with E-state index in [-0.39, 0.29) is 12.7 Å². The van der Waals surface area contributed by atoms with Crippen LogP contribution in [0.2, 0.25) is 0 Å². The van der Waals surface area contributed by atoms with Gasteiger partial charge in [0.25, 0.3) is 0 Å². The van der Waals surface area contributed by atoms with Crippen molar-refractivity contribution in [1.29, 1.82) is 0 Å². The Labute approximate surface area is 115 Å². The van der Waals surface area contributed by atoms with E-state index in [0.29, 0.717) is 0 Å². The normalized spacial score (nSPS) is 12.2. The van der Waals surface area contributed by atoms with Gasteiger partial charge < -0.3 is 9.84 Å². The Hall–Kier alpha value is -1.32. The molecule has 0 aliphatic carbocycles. The van der Waals surface area contributed by atoms with E-state index in [1.54, 1.807) is 0 Å². The average molecular weight is 307 g/mol. The smallest absolute Gasteiger partial charge is 0.134 e. The van der Waals surface area contributed by atoms with Crippen LogP contribution in [0.15, 0.2) is 53.0 Å². The van der Waals surface area contributed by atoms with Crippen molar-refractivity contribution in [3.05, 3.63) is 64.1 Å². The topological polar surface area (TPSA) is 29.5 Å². The molecule has 1 atom stereocenters. The highest BCUT2D eigenvalue weighted by atomic mass is 79.9. The molecule has 0 aromatic heterocycles. The van der Waals surface area contributed by atoms with E-state index in [9.17, 15) is 0 Å². The van der Waals surface area contributed by atoms with Crippen LogP contribution in [0, 0.1) is 0 Å². The van der Waals surface area contributed by atoms with Crippen molar-refractivity contribution in [3.63, 3.8) is 0 Å². The van der Waals surface area contributed by atoms with Crippen LogP contribution < -0.4 is 4.74 Å². The van der Waals surface area contributed by atoms with Gasteiger partial charge in [0.05, 0.1) is 11.1 Å². The van der Waals surface area contributed by atoms with E-state index in [4.69, 9.17) is 9.84 Å². The molecule has 0 fully saturated rings. The molecular weight excluding hydrogens is 292 g/mol. The number of aliphatic hydroxyl groups is 1. The zero-order valence-electron chi connectivity index (χ0n) is 10.1. The standard InChI is InChI=1S/C15H15BrO2/c1-11(13-5-3-2-4-6-13)18-15-8-7-12(10-17)9-14(15)16/h2-9,11,17H,10H2,1H3. The number of halogens is 1. The minimum absolute atomic E-state index is 0.0116. The van der Waals surface area contributed by atoms with Gasteiger partial charge in [0.1, 0.15) is 11.9 Å². The van der Waals surface area contributed by atoms with E-state index in [1.165, 1.54) is 0 Å². The molecule has 0 amide bonds. The fourth-order valence-corrected chi connectivity index (χ4v) is 2.24. The van der Waals surface area contributed by atoms with Crippen molar-refractivity contribution in [2.45, 2.75) is 19.6 Å². The molecule has 2 nitrogen and oxygen atoms in total. The van der Waals surface area contributed by atoms with Crippen molar-refractivity contribution in [2.24, 2.45) is 0 Å². The third-order valence-corrected chi connectivity index (χ3v) is 3.37. The summed E-state index contributed by atoms with van der Waals surface area (Å²) in [6.45, 7) is 2.05. The number of hydrogen-bond donors (Lipinski definition) is 1. The van der Waals surface area contributed by atoms with Gasteiger partial charge in [-0.3, -0.25) is 0 Å². The summed E-state index contributed by atoms with van der Waals surface area (Å²) in [7, 11) is 0. The SMILES string of the molecule is CC(Oc1ccc(CO)cc1Br)c1ccccc1. The van der Waals surface area contributed by atoms with Gasteiger partial charge in [-0.15, -0.1) is 0 Å². The Morgan fingerprint density at radius 3 is 2.50 bits per heavy atom. The van der Waals surface area contributed by atoms with Crippen molar-refractivity contribution >= 4 is 15.9 Å². The maximum atomic E-state index is 9.05. The number of ether oxygens (including phenoxy) is 1. The molecule has 0 saturated heterocycles. The van der Waals surface area contributed by atoms with E-state index in [0.717, 1.165) is 21.3 Å². The molecule has 0 heterocycles. The van der Waals surface area contributed by atoms with Crippen LogP contribution in [-0.2, 0) is 6.61 Å². The van der Waals surface area contributed by atoms with Crippen molar-refractivity contribution in [1.82, 2.24) is 0 Å². The summed E-state index contributed by atoms with van der Waals surface area (Å²) in [6.07, 6.45) is -0.0116. The second-order valence-electron chi connectivity index (χ2n) is 4.09. The number of hydrogen-bond acceptors (Lipinski definition) is 2. The Morgan fingerprint density at radius 1 is 1.17 bits per heavy atom. The van der Waals surface area contributed by atoms with Crippen molar-refractivity contribution in [3.8, 4) is 5.75 Å². The minimum atomic E-state index is -0.0116. The first-order valence-corrected chi connectivity index (χ1v) is 6.61. The Morgan fingerprint density at radius 2 is 1.89 bits per heavy atom. The van der Waals surface area contributed by atoms with Gasteiger partial charge in [-0.2, -0.15) is 0 Å². The summed E-state index contributed by atoms with van der Waals surface area (Å²) in [6, 6.07) is 15.7. The van der Waals surface area contributed by atoms with E-state index >= 15 is 0 Å². The predicted octanol–water partition coefficient (Wildman–Crippen LogP) is 4.08. The zero-order valence-corrected chi connectivity index (χ0v) is 11.7. The summed E-state index contributed by atoms with van der Waals surface area (Å²) >= 11 is 3.45. The van der Waals surface area contributed by atoms with Crippen molar-refractivity contribution < 1.29 is 9.84 Å². The molecule has 3 heteroatoms. The summed E-state index contributed by atoms with van der Waals surface area (Å²) in [5, 5.41) is 9.05. The third kappa shape index (κ3) is 3.12. The highest BCUT2D eigenvalue weighted by Gasteiger charge is 2.09. The second kappa shape index (κ2) is 6.03. The lowest BCUT2D eigenvalue weighted by Crippen LogP contribution is -2.03. The Kier molecular flexibility index (Phi) is 4.39. The molecule has 18 heavy (non-hydrogen) atoms. The predicted molar refractivity (Wildman–Crippen MR) is 75.5 cm³/mol. The maximum Gasteiger partial charge on any atom is 0.134 e. The van der Waals surface area contributed by atoms with Gasteiger partial charge in [0, 0.05) is 0 Å². The van der Waals surface area contributed by atoms with Gasteiger partial charge in [-0.25, -0.2) is 0 Å². The summed E-state index contributed by atoms with van der Waals surface area (Å²) in [5.41, 5.74) is 2.00. The summed E-state index contributed by atoms with van der Waals surface area (Å²) in [4.78, 5) is 0. The van der Waals surface area contributed by atoms with Gasteiger partial charge in [-0.1, -0.05) is 36.4 Å². The Balaban J connectivity index is 2.14. The van der Waals surface area contributed by atoms with E-state index in [1.807, 2.05) is 55.5 Å². The van der Waals surface area contributed by atoms with Crippen LogP contribution in [-0.4, -0.2) is 5.11 Å². The average Bonchev–Trinajstić information content (AvgIpc) is 2.42. The number of rotatable bonds is 4. The molecule has 0 saturated carbocycles. The van der Waals surface area contributed by atoms with Gasteiger partial charge >= 0.3 is 0 Å². The van der Waals surface area contributed by atoms with Gasteiger partial charge in [0.2, 0.25) is 0 Å². The first-order valence-electron chi connectivity index (χ1n) is 5.81. The van der Waals surface area contributed by atoms with E-state index < -0.39 is 0 Å². The number of benzene rings is 2. The fraction of sp³-hybridized carbons (Fsp3) is 0.200. The lowest BCUT2D eigenvalue weighted by molar-refractivity contribution is 0.225. The summed E-state index contributed by atoms with van der Waals surface area (Å²) < 4.78 is 6.76. The van der Waals surface area contributed by atoms with E-state index in [2.05, 4.69) is 15.9 Å². The quantitative estimate of drug-likeness (QED) is 0.922. The highest BCUT2D eigenvalue weighted by molar-refractivity contribution is 9.10.